The SMILES string of the molecule is O.O.O=c1cccc2ccccc2n1. The summed E-state index contributed by atoms with van der Waals surface area (Å²) < 4.78 is 0. The van der Waals surface area contributed by atoms with Gasteiger partial charge in [0.1, 0.15) is 0 Å². The largest absolute Gasteiger partial charge is 0.412 e. The molecule has 1 heterocycles. The molecule has 2 rings (SSSR count). The molecule has 2 aromatic rings. The van der Waals surface area contributed by atoms with Gasteiger partial charge in [0.2, 0.25) is 0 Å². The van der Waals surface area contributed by atoms with Crippen LogP contribution < -0.4 is 5.56 Å². The highest BCUT2D eigenvalue weighted by Crippen LogP contribution is 2.05. The van der Waals surface area contributed by atoms with Crippen molar-refractivity contribution in [2.24, 2.45) is 0 Å². The van der Waals surface area contributed by atoms with E-state index in [1.165, 1.54) is 6.07 Å². The molecule has 0 aliphatic carbocycles. The summed E-state index contributed by atoms with van der Waals surface area (Å²) in [7, 11) is 0. The molecule has 0 fully saturated rings. The molecule has 0 spiro atoms. The first-order chi connectivity index (χ1) is 5.86. The molecule has 0 bridgehead atoms. The number of fused-ring (bicyclic) bond motifs is 1. The van der Waals surface area contributed by atoms with Gasteiger partial charge in [-0.25, -0.2) is 4.98 Å². The van der Waals surface area contributed by atoms with E-state index in [0.29, 0.717) is 0 Å². The highest BCUT2D eigenvalue weighted by Gasteiger charge is 1.89. The summed E-state index contributed by atoms with van der Waals surface area (Å²) in [5, 5.41) is 0.986. The fourth-order valence-electron chi connectivity index (χ4n) is 1.12. The lowest BCUT2D eigenvalue weighted by Crippen LogP contribution is -1.97. The number of hydrogen-bond acceptors (Lipinski definition) is 2. The van der Waals surface area contributed by atoms with Crippen LogP contribution in [0.25, 0.3) is 10.9 Å². The van der Waals surface area contributed by atoms with E-state index in [4.69, 9.17) is 0 Å². The van der Waals surface area contributed by atoms with Crippen molar-refractivity contribution in [2.75, 3.05) is 0 Å². The summed E-state index contributed by atoms with van der Waals surface area (Å²) in [4.78, 5) is 14.9. The summed E-state index contributed by atoms with van der Waals surface area (Å²) in [6, 6.07) is 12.6. The molecule has 0 radical (unpaired) electrons. The second-order valence-electron chi connectivity index (χ2n) is 2.53. The van der Waals surface area contributed by atoms with Gasteiger partial charge in [0.05, 0.1) is 5.52 Å². The lowest BCUT2D eigenvalue weighted by atomic mass is 10.2. The second-order valence-corrected chi connectivity index (χ2v) is 2.53. The zero-order chi connectivity index (χ0) is 8.39. The van der Waals surface area contributed by atoms with Crippen LogP contribution in [-0.2, 0) is 0 Å². The molecule has 14 heavy (non-hydrogen) atoms. The summed E-state index contributed by atoms with van der Waals surface area (Å²) >= 11 is 0. The van der Waals surface area contributed by atoms with Crippen molar-refractivity contribution in [2.45, 2.75) is 0 Å². The summed E-state index contributed by atoms with van der Waals surface area (Å²) in [5.41, 5.74) is 0.545. The highest BCUT2D eigenvalue weighted by molar-refractivity contribution is 5.77. The quantitative estimate of drug-likeness (QED) is 0.586. The third-order valence-corrected chi connectivity index (χ3v) is 1.68. The maximum atomic E-state index is 11.0. The maximum Gasteiger partial charge on any atom is 0.270 e. The van der Waals surface area contributed by atoms with Crippen LogP contribution in [-0.4, -0.2) is 15.9 Å². The smallest absolute Gasteiger partial charge is 0.270 e. The zero-order valence-electron chi connectivity index (χ0n) is 7.40. The van der Waals surface area contributed by atoms with E-state index in [1.807, 2.05) is 30.3 Å². The molecule has 4 nitrogen and oxygen atoms in total. The molecule has 0 aliphatic rings. The average molecular weight is 193 g/mol. The molecule has 4 N–H and O–H groups in total. The minimum absolute atomic E-state index is 0. The first kappa shape index (κ1) is 12.2. The maximum absolute atomic E-state index is 11.0. The van der Waals surface area contributed by atoms with Gasteiger partial charge in [0, 0.05) is 11.5 Å². The number of aromatic nitrogens is 1. The minimum Gasteiger partial charge on any atom is -0.412 e. The fraction of sp³-hybridized carbons (Fsp3) is 0. The van der Waals surface area contributed by atoms with Crippen molar-refractivity contribution >= 4 is 10.9 Å². The van der Waals surface area contributed by atoms with Gasteiger partial charge in [0.15, 0.2) is 0 Å². The fourth-order valence-corrected chi connectivity index (χ4v) is 1.12. The lowest BCUT2D eigenvalue weighted by Gasteiger charge is -1.86. The first-order valence-corrected chi connectivity index (χ1v) is 3.72. The Kier molecular flexibility index (Phi) is 4.42. The molecule has 0 saturated heterocycles. The summed E-state index contributed by atoms with van der Waals surface area (Å²) in [5.74, 6) is 0. The summed E-state index contributed by atoms with van der Waals surface area (Å²) in [6.45, 7) is 0. The van der Waals surface area contributed by atoms with Crippen LogP contribution in [0.15, 0.2) is 47.3 Å². The van der Waals surface area contributed by atoms with Crippen molar-refractivity contribution in [1.82, 2.24) is 4.98 Å². The molecule has 0 saturated carbocycles. The number of rotatable bonds is 0. The number of hydrogen-bond donors (Lipinski definition) is 0. The van der Waals surface area contributed by atoms with Gasteiger partial charge in [-0.05, 0) is 6.07 Å². The molecular weight excluding hydrogens is 182 g/mol. The number of nitrogens with zero attached hydrogens (tertiary/aromatic N) is 1. The van der Waals surface area contributed by atoms with Gasteiger partial charge in [-0.3, -0.25) is 4.79 Å². The van der Waals surface area contributed by atoms with Crippen LogP contribution in [0.2, 0.25) is 0 Å². The normalized spacial score (nSPS) is 8.57. The zero-order valence-corrected chi connectivity index (χ0v) is 7.40. The second kappa shape index (κ2) is 5.06. The Morgan fingerprint density at radius 2 is 1.50 bits per heavy atom. The molecule has 1 aromatic carbocycles. The molecule has 0 unspecified atom stereocenters. The first-order valence-electron chi connectivity index (χ1n) is 3.72. The van der Waals surface area contributed by atoms with E-state index in [1.54, 1.807) is 6.07 Å². The van der Waals surface area contributed by atoms with Crippen LogP contribution in [0.4, 0.5) is 0 Å². The number of benzene rings is 1. The Morgan fingerprint density at radius 1 is 0.857 bits per heavy atom. The molecule has 74 valence electrons. The third kappa shape index (κ3) is 2.35. The molecular formula is C10H11NO3. The minimum atomic E-state index is -0.198. The van der Waals surface area contributed by atoms with E-state index in [0.717, 1.165) is 10.9 Å². The molecule has 0 atom stereocenters. The van der Waals surface area contributed by atoms with Crippen LogP contribution in [0.1, 0.15) is 0 Å². The van der Waals surface area contributed by atoms with Gasteiger partial charge in [-0.1, -0.05) is 30.3 Å². The van der Waals surface area contributed by atoms with Gasteiger partial charge in [-0.2, -0.15) is 0 Å². The van der Waals surface area contributed by atoms with Crippen LogP contribution in [0.5, 0.6) is 0 Å². The van der Waals surface area contributed by atoms with E-state index in [9.17, 15) is 4.79 Å². The Morgan fingerprint density at radius 3 is 2.29 bits per heavy atom. The molecule has 0 amide bonds. The van der Waals surface area contributed by atoms with Gasteiger partial charge >= 0.3 is 0 Å². The van der Waals surface area contributed by atoms with Gasteiger partial charge in [0.25, 0.3) is 5.56 Å². The van der Waals surface area contributed by atoms with E-state index < -0.39 is 0 Å². The van der Waals surface area contributed by atoms with Crippen LogP contribution >= 0.6 is 0 Å². The van der Waals surface area contributed by atoms with Crippen molar-refractivity contribution in [3.8, 4) is 0 Å². The summed E-state index contributed by atoms with van der Waals surface area (Å²) in [6.07, 6.45) is 0. The standard InChI is InChI=1S/C10H7NO.2H2O/c12-10-7-3-5-8-4-1-2-6-9(8)11-10;;/h1-7H;2*1H2. The monoisotopic (exact) mass is 193 g/mol. The lowest BCUT2D eigenvalue weighted by molar-refractivity contribution is 0.823. The molecule has 1 aromatic heterocycles. The third-order valence-electron chi connectivity index (χ3n) is 1.68. The van der Waals surface area contributed by atoms with Crippen molar-refractivity contribution in [3.05, 3.63) is 52.8 Å². The topological polar surface area (TPSA) is 93.0 Å². The van der Waals surface area contributed by atoms with E-state index in [2.05, 4.69) is 4.98 Å². The Labute approximate surface area is 80.5 Å². The Hall–Kier alpha value is -1.78. The predicted molar refractivity (Wildman–Crippen MR) is 55.2 cm³/mol. The number of para-hydroxylation sites is 1. The Balaban J connectivity index is 0.000000845. The van der Waals surface area contributed by atoms with Crippen LogP contribution in [0, 0.1) is 0 Å². The molecule has 0 aliphatic heterocycles. The van der Waals surface area contributed by atoms with Gasteiger partial charge < -0.3 is 11.0 Å². The Bertz CT molecular complexity index is 470. The highest BCUT2D eigenvalue weighted by atomic mass is 16.1. The van der Waals surface area contributed by atoms with E-state index in [-0.39, 0.29) is 16.5 Å². The van der Waals surface area contributed by atoms with Crippen LogP contribution in [0.3, 0.4) is 0 Å². The average Bonchev–Trinajstić information content (AvgIpc) is 2.25. The van der Waals surface area contributed by atoms with Gasteiger partial charge in [-0.15, -0.1) is 0 Å². The van der Waals surface area contributed by atoms with E-state index >= 15 is 0 Å². The van der Waals surface area contributed by atoms with Crippen molar-refractivity contribution in [1.29, 1.82) is 0 Å². The van der Waals surface area contributed by atoms with Crippen molar-refractivity contribution in [3.63, 3.8) is 0 Å². The predicted octanol–water partition coefficient (Wildman–Crippen LogP) is -0.0544. The molecule has 4 heteroatoms. The van der Waals surface area contributed by atoms with Crippen molar-refractivity contribution < 1.29 is 11.0 Å².